The van der Waals surface area contributed by atoms with Crippen molar-refractivity contribution in [3.8, 4) is 0 Å². The van der Waals surface area contributed by atoms with Crippen molar-refractivity contribution in [3.63, 3.8) is 0 Å². The summed E-state index contributed by atoms with van der Waals surface area (Å²) in [7, 11) is 0. The highest BCUT2D eigenvalue weighted by molar-refractivity contribution is 5.67. The Bertz CT molecular complexity index is 164. The van der Waals surface area contributed by atoms with Gasteiger partial charge in [-0.3, -0.25) is 4.79 Å². The van der Waals surface area contributed by atoms with Gasteiger partial charge in [0.15, 0.2) is 0 Å². The summed E-state index contributed by atoms with van der Waals surface area (Å²) in [6, 6.07) is 0. The van der Waals surface area contributed by atoms with Crippen LogP contribution in [0.1, 0.15) is 6.42 Å². The van der Waals surface area contributed by atoms with Gasteiger partial charge < -0.3 is 5.11 Å². The van der Waals surface area contributed by atoms with Gasteiger partial charge in [0.05, 0.1) is 6.42 Å². The van der Waals surface area contributed by atoms with Crippen LogP contribution < -0.4 is 0 Å². The molecule has 1 atom stereocenters. The van der Waals surface area contributed by atoms with Crippen molar-refractivity contribution in [2.24, 2.45) is 5.92 Å². The smallest absolute Gasteiger partial charge is 0.397 e. The molecule has 0 aliphatic heterocycles. The number of alkyl halides is 5. The lowest BCUT2D eigenvalue weighted by Crippen LogP contribution is -2.31. The van der Waals surface area contributed by atoms with E-state index in [0.29, 0.717) is 0 Å². The maximum absolute atomic E-state index is 11.6. The molecule has 0 rings (SSSR count). The maximum atomic E-state index is 11.6. The van der Waals surface area contributed by atoms with Gasteiger partial charge in [0, 0.05) is 0 Å². The van der Waals surface area contributed by atoms with E-state index in [4.69, 9.17) is 5.11 Å². The molecular weight excluding hydrogens is 187 g/mol. The lowest BCUT2D eigenvalue weighted by molar-refractivity contribution is -0.211. The number of halogens is 5. The Balaban J connectivity index is 4.35. The lowest BCUT2D eigenvalue weighted by Gasteiger charge is -2.16. The Morgan fingerprint density at radius 3 is 1.83 bits per heavy atom. The molecule has 0 aromatic heterocycles. The summed E-state index contributed by atoms with van der Waals surface area (Å²) >= 11 is 0. The minimum Gasteiger partial charge on any atom is -0.481 e. The quantitative estimate of drug-likeness (QED) is 0.693. The van der Waals surface area contributed by atoms with E-state index in [1.807, 2.05) is 0 Å². The maximum Gasteiger partial charge on any atom is 0.397 e. The van der Waals surface area contributed by atoms with Crippen LogP contribution in [0.15, 0.2) is 0 Å². The minimum atomic E-state index is -5.16. The van der Waals surface area contributed by atoms with E-state index < -0.39 is 30.9 Å². The fraction of sp³-hybridized carbons (Fsp3) is 0.800. The molecule has 0 amide bonds. The van der Waals surface area contributed by atoms with Crippen LogP contribution in [0, 0.1) is 5.92 Å². The predicted molar refractivity (Wildman–Crippen MR) is 27.8 cm³/mol. The predicted octanol–water partition coefficient (Wildman–Crippen LogP) is 1.90. The molecule has 2 nitrogen and oxygen atoms in total. The number of aliphatic carboxylic acids is 1. The van der Waals surface area contributed by atoms with E-state index >= 15 is 0 Å². The van der Waals surface area contributed by atoms with Gasteiger partial charge in [-0.2, -0.15) is 13.2 Å². The second-order valence-electron chi connectivity index (χ2n) is 2.08. The van der Waals surface area contributed by atoms with E-state index in [1.54, 1.807) is 0 Å². The third-order valence-electron chi connectivity index (χ3n) is 1.12. The van der Waals surface area contributed by atoms with E-state index in [9.17, 15) is 26.7 Å². The van der Waals surface area contributed by atoms with Gasteiger partial charge in [0.25, 0.3) is 6.43 Å². The van der Waals surface area contributed by atoms with Gasteiger partial charge in [-0.15, -0.1) is 0 Å². The third-order valence-corrected chi connectivity index (χ3v) is 1.12. The summed E-state index contributed by atoms with van der Waals surface area (Å²) in [6.07, 6.45) is -10.4. The van der Waals surface area contributed by atoms with Gasteiger partial charge in [0.1, 0.15) is 5.92 Å². The zero-order chi connectivity index (χ0) is 9.94. The van der Waals surface area contributed by atoms with Gasteiger partial charge in [-0.1, -0.05) is 0 Å². The molecule has 12 heavy (non-hydrogen) atoms. The van der Waals surface area contributed by atoms with Crippen molar-refractivity contribution in [1.82, 2.24) is 0 Å². The Morgan fingerprint density at radius 2 is 1.75 bits per heavy atom. The first-order chi connectivity index (χ1) is 5.25. The van der Waals surface area contributed by atoms with Crippen LogP contribution in [-0.2, 0) is 4.79 Å². The molecule has 1 N–H and O–H groups in total. The number of hydrogen-bond donors (Lipinski definition) is 1. The van der Waals surface area contributed by atoms with E-state index in [0.717, 1.165) is 0 Å². The molecule has 0 radical (unpaired) electrons. The van der Waals surface area contributed by atoms with Crippen molar-refractivity contribution in [2.75, 3.05) is 0 Å². The van der Waals surface area contributed by atoms with Crippen LogP contribution >= 0.6 is 0 Å². The first-order valence-corrected chi connectivity index (χ1v) is 2.81. The minimum absolute atomic E-state index is 1.60. The Kier molecular flexibility index (Phi) is 3.41. The van der Waals surface area contributed by atoms with Crippen molar-refractivity contribution in [1.29, 1.82) is 0 Å². The van der Waals surface area contributed by atoms with E-state index in [-0.39, 0.29) is 0 Å². The standard InChI is InChI=1S/C5H5F5O2/c6-4(7)2(1-3(11)12)5(8,9)10/h2,4H,1H2,(H,11,12). The number of rotatable bonds is 3. The summed E-state index contributed by atoms with van der Waals surface area (Å²) in [6.45, 7) is 0. The molecule has 0 aromatic rings. The van der Waals surface area contributed by atoms with E-state index in [2.05, 4.69) is 0 Å². The molecule has 0 aliphatic carbocycles. The third kappa shape index (κ3) is 3.49. The Labute approximate surface area is 64.0 Å². The van der Waals surface area contributed by atoms with Crippen LogP contribution in [0.4, 0.5) is 22.0 Å². The van der Waals surface area contributed by atoms with Crippen molar-refractivity contribution in [2.45, 2.75) is 19.0 Å². The van der Waals surface area contributed by atoms with Crippen molar-refractivity contribution >= 4 is 5.97 Å². The first kappa shape index (κ1) is 11.1. The molecule has 0 fully saturated rings. The first-order valence-electron chi connectivity index (χ1n) is 2.81. The summed E-state index contributed by atoms with van der Waals surface area (Å²) in [5, 5.41) is 7.86. The van der Waals surface area contributed by atoms with Crippen LogP contribution in [0.25, 0.3) is 0 Å². The number of carboxylic acid groups (broad SMARTS) is 1. The van der Waals surface area contributed by atoms with Crippen LogP contribution in [-0.4, -0.2) is 23.7 Å². The largest absolute Gasteiger partial charge is 0.481 e. The molecule has 0 saturated heterocycles. The SMILES string of the molecule is O=C(O)CC(C(F)F)C(F)(F)F. The molecular formula is C5H5F5O2. The van der Waals surface area contributed by atoms with Crippen LogP contribution in [0.3, 0.4) is 0 Å². The summed E-state index contributed by atoms with van der Waals surface area (Å²) < 4.78 is 57.9. The molecule has 0 heterocycles. The highest BCUT2D eigenvalue weighted by Crippen LogP contribution is 2.33. The summed E-state index contributed by atoms with van der Waals surface area (Å²) in [4.78, 5) is 9.73. The molecule has 0 aliphatic rings. The van der Waals surface area contributed by atoms with Crippen molar-refractivity contribution < 1.29 is 31.9 Å². The van der Waals surface area contributed by atoms with E-state index in [1.165, 1.54) is 0 Å². The molecule has 0 spiro atoms. The molecule has 72 valence electrons. The lowest BCUT2D eigenvalue weighted by atomic mass is 10.1. The van der Waals surface area contributed by atoms with Gasteiger partial charge in [-0.25, -0.2) is 8.78 Å². The molecule has 0 bridgehead atoms. The molecule has 7 heteroatoms. The summed E-state index contributed by atoms with van der Waals surface area (Å²) in [5.41, 5.74) is 0. The molecule has 0 saturated carbocycles. The fourth-order valence-electron chi connectivity index (χ4n) is 0.536. The van der Waals surface area contributed by atoms with Crippen LogP contribution in [0.2, 0.25) is 0 Å². The Hall–Kier alpha value is -0.880. The van der Waals surface area contributed by atoms with Gasteiger partial charge in [-0.05, 0) is 0 Å². The average Bonchev–Trinajstić information content (AvgIpc) is 1.79. The number of hydrogen-bond acceptors (Lipinski definition) is 1. The normalized spacial score (nSPS) is 14.8. The molecule has 1 unspecified atom stereocenters. The highest BCUT2D eigenvalue weighted by atomic mass is 19.4. The Morgan fingerprint density at radius 1 is 1.33 bits per heavy atom. The van der Waals surface area contributed by atoms with Gasteiger partial charge in [0.2, 0.25) is 0 Å². The monoisotopic (exact) mass is 192 g/mol. The zero-order valence-corrected chi connectivity index (χ0v) is 5.61. The topological polar surface area (TPSA) is 37.3 Å². The second kappa shape index (κ2) is 3.68. The molecule has 0 aromatic carbocycles. The number of carbonyl (C=O) groups is 1. The summed E-state index contributed by atoms with van der Waals surface area (Å²) in [5.74, 6) is -4.97. The van der Waals surface area contributed by atoms with Gasteiger partial charge >= 0.3 is 12.1 Å². The van der Waals surface area contributed by atoms with Crippen LogP contribution in [0.5, 0.6) is 0 Å². The number of carboxylic acids is 1. The highest BCUT2D eigenvalue weighted by Gasteiger charge is 2.46. The van der Waals surface area contributed by atoms with Crippen molar-refractivity contribution in [3.05, 3.63) is 0 Å². The zero-order valence-electron chi connectivity index (χ0n) is 5.61. The average molecular weight is 192 g/mol. The fourth-order valence-corrected chi connectivity index (χ4v) is 0.536. The second-order valence-corrected chi connectivity index (χ2v) is 2.08.